The van der Waals surface area contributed by atoms with Gasteiger partial charge in [0.2, 0.25) is 0 Å². The Morgan fingerprint density at radius 3 is 2.53 bits per heavy atom. The predicted octanol–water partition coefficient (Wildman–Crippen LogP) is 2.54. The first kappa shape index (κ1) is 12.2. The van der Waals surface area contributed by atoms with Crippen molar-refractivity contribution in [2.24, 2.45) is 5.73 Å². The molecule has 2 atom stereocenters. The van der Waals surface area contributed by atoms with E-state index in [1.165, 1.54) is 5.56 Å². The first-order chi connectivity index (χ1) is 7.25. The van der Waals surface area contributed by atoms with Crippen LogP contribution >= 0.6 is 0 Å². The van der Waals surface area contributed by atoms with Crippen LogP contribution in [0.5, 0.6) is 0 Å². The summed E-state index contributed by atoms with van der Waals surface area (Å²) in [5.41, 5.74) is 7.35. The summed E-state index contributed by atoms with van der Waals surface area (Å²) in [4.78, 5) is 0. The van der Waals surface area contributed by atoms with E-state index in [9.17, 15) is 0 Å². The van der Waals surface area contributed by atoms with Gasteiger partial charge in [-0.1, -0.05) is 44.2 Å². The van der Waals surface area contributed by atoms with Crippen molar-refractivity contribution in [1.82, 2.24) is 0 Å². The zero-order valence-corrected chi connectivity index (χ0v) is 9.65. The molecule has 15 heavy (non-hydrogen) atoms. The SMILES string of the molecule is CCCOCC(N)C(C)c1ccccc1. The van der Waals surface area contributed by atoms with E-state index in [2.05, 4.69) is 26.0 Å². The van der Waals surface area contributed by atoms with Crippen LogP contribution in [-0.4, -0.2) is 19.3 Å². The van der Waals surface area contributed by atoms with E-state index >= 15 is 0 Å². The molecule has 0 aliphatic heterocycles. The number of hydrogen-bond donors (Lipinski definition) is 1. The minimum atomic E-state index is 0.0824. The number of rotatable bonds is 6. The fraction of sp³-hybridized carbons (Fsp3) is 0.538. The molecule has 0 amide bonds. The lowest BCUT2D eigenvalue weighted by atomic mass is 9.94. The fourth-order valence-electron chi connectivity index (χ4n) is 1.51. The van der Waals surface area contributed by atoms with Crippen LogP contribution in [0.15, 0.2) is 30.3 Å². The third-order valence-electron chi connectivity index (χ3n) is 2.63. The summed E-state index contributed by atoms with van der Waals surface area (Å²) in [5, 5.41) is 0. The average molecular weight is 207 g/mol. The van der Waals surface area contributed by atoms with E-state index in [4.69, 9.17) is 10.5 Å². The molecule has 2 unspecified atom stereocenters. The molecule has 0 radical (unpaired) electrons. The van der Waals surface area contributed by atoms with Gasteiger partial charge >= 0.3 is 0 Å². The first-order valence-corrected chi connectivity index (χ1v) is 5.64. The number of nitrogens with two attached hydrogens (primary N) is 1. The summed E-state index contributed by atoms with van der Waals surface area (Å²) in [6.07, 6.45) is 1.05. The van der Waals surface area contributed by atoms with E-state index in [0.717, 1.165) is 13.0 Å². The average Bonchev–Trinajstić information content (AvgIpc) is 2.29. The maximum atomic E-state index is 6.07. The summed E-state index contributed by atoms with van der Waals surface area (Å²) in [6.45, 7) is 5.70. The molecule has 2 nitrogen and oxygen atoms in total. The van der Waals surface area contributed by atoms with E-state index in [1.54, 1.807) is 0 Å². The normalized spacial score (nSPS) is 14.9. The number of ether oxygens (including phenoxy) is 1. The molecule has 0 heterocycles. The van der Waals surface area contributed by atoms with Crippen molar-refractivity contribution < 1.29 is 4.74 Å². The van der Waals surface area contributed by atoms with Crippen molar-refractivity contribution in [3.05, 3.63) is 35.9 Å². The monoisotopic (exact) mass is 207 g/mol. The zero-order chi connectivity index (χ0) is 11.1. The Kier molecular flexibility index (Phi) is 5.37. The second-order valence-electron chi connectivity index (χ2n) is 3.94. The highest BCUT2D eigenvalue weighted by Gasteiger charge is 2.14. The molecule has 0 aliphatic rings. The van der Waals surface area contributed by atoms with Crippen LogP contribution in [0.25, 0.3) is 0 Å². The van der Waals surface area contributed by atoms with Crippen molar-refractivity contribution in [3.63, 3.8) is 0 Å². The summed E-state index contributed by atoms with van der Waals surface area (Å²) in [5.74, 6) is 0.350. The van der Waals surface area contributed by atoms with E-state index in [-0.39, 0.29) is 6.04 Å². The second-order valence-corrected chi connectivity index (χ2v) is 3.94. The third-order valence-corrected chi connectivity index (χ3v) is 2.63. The molecule has 1 aromatic carbocycles. The Labute approximate surface area is 92.4 Å². The Morgan fingerprint density at radius 2 is 1.93 bits per heavy atom. The van der Waals surface area contributed by atoms with Gasteiger partial charge in [0.05, 0.1) is 6.61 Å². The Hall–Kier alpha value is -0.860. The van der Waals surface area contributed by atoms with Gasteiger partial charge in [-0.3, -0.25) is 0 Å². The Bertz CT molecular complexity index is 260. The van der Waals surface area contributed by atoms with Crippen LogP contribution in [-0.2, 0) is 4.74 Å². The summed E-state index contributed by atoms with van der Waals surface area (Å²) < 4.78 is 5.46. The summed E-state index contributed by atoms with van der Waals surface area (Å²) in [6, 6.07) is 10.4. The molecule has 1 aromatic rings. The molecule has 84 valence electrons. The van der Waals surface area contributed by atoms with E-state index in [1.807, 2.05) is 18.2 Å². The van der Waals surface area contributed by atoms with Gasteiger partial charge in [-0.2, -0.15) is 0 Å². The van der Waals surface area contributed by atoms with Gasteiger partial charge in [-0.15, -0.1) is 0 Å². The Morgan fingerprint density at radius 1 is 1.27 bits per heavy atom. The lowest BCUT2D eigenvalue weighted by molar-refractivity contribution is 0.116. The van der Waals surface area contributed by atoms with Gasteiger partial charge in [0.25, 0.3) is 0 Å². The highest BCUT2D eigenvalue weighted by molar-refractivity contribution is 5.20. The van der Waals surface area contributed by atoms with Crippen LogP contribution in [0.4, 0.5) is 0 Å². The smallest absolute Gasteiger partial charge is 0.0623 e. The highest BCUT2D eigenvalue weighted by Crippen LogP contribution is 2.17. The van der Waals surface area contributed by atoms with Gasteiger partial charge in [-0.05, 0) is 17.9 Å². The van der Waals surface area contributed by atoms with Crippen LogP contribution in [0.2, 0.25) is 0 Å². The molecule has 0 fully saturated rings. The van der Waals surface area contributed by atoms with Gasteiger partial charge in [0.1, 0.15) is 0 Å². The minimum absolute atomic E-state index is 0.0824. The standard InChI is InChI=1S/C13H21NO/c1-3-9-15-10-13(14)11(2)12-7-5-4-6-8-12/h4-8,11,13H,3,9-10,14H2,1-2H3. The molecule has 0 spiro atoms. The highest BCUT2D eigenvalue weighted by atomic mass is 16.5. The topological polar surface area (TPSA) is 35.2 Å². The number of benzene rings is 1. The Balaban J connectivity index is 2.42. The van der Waals surface area contributed by atoms with Crippen molar-refractivity contribution in [3.8, 4) is 0 Å². The van der Waals surface area contributed by atoms with Crippen molar-refractivity contribution in [2.75, 3.05) is 13.2 Å². The van der Waals surface area contributed by atoms with Crippen LogP contribution in [0, 0.1) is 0 Å². The molecule has 2 N–H and O–H groups in total. The third kappa shape index (κ3) is 4.02. The van der Waals surface area contributed by atoms with Crippen LogP contribution < -0.4 is 5.73 Å². The van der Waals surface area contributed by atoms with Gasteiger partial charge in [-0.25, -0.2) is 0 Å². The molecule has 0 saturated carbocycles. The zero-order valence-electron chi connectivity index (χ0n) is 9.65. The molecule has 0 aliphatic carbocycles. The summed E-state index contributed by atoms with van der Waals surface area (Å²) >= 11 is 0. The molecule has 2 heteroatoms. The lowest BCUT2D eigenvalue weighted by Gasteiger charge is -2.20. The molecule has 0 bridgehead atoms. The van der Waals surface area contributed by atoms with Crippen molar-refractivity contribution in [2.45, 2.75) is 32.2 Å². The molecular formula is C13H21NO. The van der Waals surface area contributed by atoms with Crippen LogP contribution in [0.1, 0.15) is 31.7 Å². The molecule has 0 saturated heterocycles. The van der Waals surface area contributed by atoms with Gasteiger partial charge in [0.15, 0.2) is 0 Å². The lowest BCUT2D eigenvalue weighted by Crippen LogP contribution is -2.32. The first-order valence-electron chi connectivity index (χ1n) is 5.64. The van der Waals surface area contributed by atoms with Crippen LogP contribution in [0.3, 0.4) is 0 Å². The summed E-state index contributed by atoms with van der Waals surface area (Å²) in [7, 11) is 0. The van der Waals surface area contributed by atoms with Gasteiger partial charge in [0, 0.05) is 12.6 Å². The van der Waals surface area contributed by atoms with E-state index in [0.29, 0.717) is 12.5 Å². The fourth-order valence-corrected chi connectivity index (χ4v) is 1.51. The second kappa shape index (κ2) is 6.59. The van der Waals surface area contributed by atoms with Crippen molar-refractivity contribution in [1.29, 1.82) is 0 Å². The maximum Gasteiger partial charge on any atom is 0.0623 e. The van der Waals surface area contributed by atoms with Crippen molar-refractivity contribution >= 4 is 0 Å². The molecule has 1 rings (SSSR count). The molecular weight excluding hydrogens is 186 g/mol. The van der Waals surface area contributed by atoms with E-state index < -0.39 is 0 Å². The minimum Gasteiger partial charge on any atom is -0.380 e. The quantitative estimate of drug-likeness (QED) is 0.728. The maximum absolute atomic E-state index is 6.07. The largest absolute Gasteiger partial charge is 0.380 e. The number of hydrogen-bond acceptors (Lipinski definition) is 2. The van der Waals surface area contributed by atoms with Gasteiger partial charge < -0.3 is 10.5 Å². The predicted molar refractivity (Wildman–Crippen MR) is 63.9 cm³/mol. The molecule has 0 aromatic heterocycles.